The molecule has 1 aromatic carbocycles. The van der Waals surface area contributed by atoms with Crippen LogP contribution in [0.3, 0.4) is 0 Å². The van der Waals surface area contributed by atoms with E-state index in [1.165, 1.54) is 6.42 Å². The maximum Gasteiger partial charge on any atom is 0.514 e. The molecule has 45 heavy (non-hydrogen) atoms. The molecule has 0 amide bonds. The lowest BCUT2D eigenvalue weighted by Gasteiger charge is -2.64. The number of ether oxygens (including phenoxy) is 3. The molecule has 5 rings (SSSR count). The van der Waals surface area contributed by atoms with Gasteiger partial charge >= 0.3 is 19.2 Å². The van der Waals surface area contributed by atoms with Gasteiger partial charge in [-0.05, 0) is 96.6 Å². The average Bonchev–Trinajstić information content (AvgIpc) is 3.17. The molecule has 3 saturated carbocycles. The van der Waals surface area contributed by atoms with Crippen LogP contribution in [0, 0.1) is 17.3 Å². The fourth-order valence-electron chi connectivity index (χ4n) is 8.31. The Bertz CT molecular complexity index is 1280. The van der Waals surface area contributed by atoms with Crippen LogP contribution < -0.4 is 4.74 Å². The fourth-order valence-corrected chi connectivity index (χ4v) is 18.8. The van der Waals surface area contributed by atoms with E-state index < -0.39 is 46.9 Å². The SMILES string of the molecule is CC(C)(C)OC(=O)Oc1c(C[C@@H](B2O[C@@H]3C[C@@H]4C[C@@H](C4(C)C)[C@]3(C)O2)N([Si](C)(C)C)[Si](C)(C)C)cccc1C(=O)OC(C)(C)C. The molecule has 1 aromatic rings. The first-order chi connectivity index (χ1) is 20.2. The highest BCUT2D eigenvalue weighted by molar-refractivity contribution is 6.90. The summed E-state index contributed by atoms with van der Waals surface area (Å²) >= 11 is 0. The van der Waals surface area contributed by atoms with Gasteiger partial charge in [-0.3, -0.25) is 0 Å². The molecule has 0 N–H and O–H groups in total. The van der Waals surface area contributed by atoms with Gasteiger partial charge < -0.3 is 27.8 Å². The van der Waals surface area contributed by atoms with Gasteiger partial charge in [-0.15, -0.1) is 0 Å². The van der Waals surface area contributed by atoms with Crippen LogP contribution in [0.4, 0.5) is 4.79 Å². The molecular formula is C34H58BNO7Si2. The van der Waals surface area contributed by atoms with Crippen LogP contribution in [0.25, 0.3) is 0 Å². The molecule has 8 nitrogen and oxygen atoms in total. The molecule has 4 aliphatic rings. The summed E-state index contributed by atoms with van der Waals surface area (Å²) < 4.78 is 34.0. The summed E-state index contributed by atoms with van der Waals surface area (Å²) in [6.07, 6.45) is 1.83. The molecular weight excluding hydrogens is 601 g/mol. The number of benzene rings is 1. The van der Waals surface area contributed by atoms with Crippen molar-refractivity contribution >= 4 is 35.7 Å². The summed E-state index contributed by atoms with van der Waals surface area (Å²) in [5.74, 6) is 0.544. The zero-order valence-electron chi connectivity index (χ0n) is 30.5. The third kappa shape index (κ3) is 7.58. The van der Waals surface area contributed by atoms with Crippen molar-refractivity contribution in [3.05, 3.63) is 29.3 Å². The van der Waals surface area contributed by atoms with E-state index in [1.807, 2.05) is 32.9 Å². The number of para-hydroxylation sites is 1. The lowest BCUT2D eigenvalue weighted by Crippen LogP contribution is -2.68. The number of hydrogen-bond acceptors (Lipinski definition) is 8. The molecule has 5 atom stereocenters. The highest BCUT2D eigenvalue weighted by atomic mass is 28.4. The maximum atomic E-state index is 13.5. The largest absolute Gasteiger partial charge is 0.514 e. The zero-order chi connectivity index (χ0) is 34.1. The van der Waals surface area contributed by atoms with Crippen molar-refractivity contribution < 1.29 is 33.1 Å². The molecule has 0 aromatic heterocycles. The Kier molecular flexibility index (Phi) is 9.48. The molecule has 4 fully saturated rings. The minimum Gasteiger partial charge on any atom is -0.456 e. The third-order valence-electron chi connectivity index (χ3n) is 9.78. The number of rotatable bonds is 8. The Balaban J connectivity index is 1.81. The Hall–Kier alpha value is -1.66. The Morgan fingerprint density at radius 3 is 2.04 bits per heavy atom. The number of esters is 1. The van der Waals surface area contributed by atoms with E-state index in [2.05, 4.69) is 64.3 Å². The van der Waals surface area contributed by atoms with Gasteiger partial charge in [0.1, 0.15) is 33.2 Å². The van der Waals surface area contributed by atoms with Gasteiger partial charge in [-0.2, -0.15) is 0 Å². The number of carbonyl (C=O) groups excluding carboxylic acids is 2. The van der Waals surface area contributed by atoms with Crippen LogP contribution in [-0.4, -0.2) is 68.8 Å². The number of carbonyl (C=O) groups is 2. The van der Waals surface area contributed by atoms with Crippen molar-refractivity contribution in [2.75, 3.05) is 0 Å². The molecule has 0 unspecified atom stereocenters. The Labute approximate surface area is 274 Å². The first-order valence-electron chi connectivity index (χ1n) is 16.6. The smallest absolute Gasteiger partial charge is 0.456 e. The molecule has 1 aliphatic heterocycles. The zero-order valence-corrected chi connectivity index (χ0v) is 32.5. The van der Waals surface area contributed by atoms with E-state index >= 15 is 0 Å². The van der Waals surface area contributed by atoms with E-state index in [-0.39, 0.29) is 34.4 Å². The second-order valence-electron chi connectivity index (χ2n) is 18.2. The molecule has 0 spiro atoms. The van der Waals surface area contributed by atoms with Gasteiger partial charge in [0.25, 0.3) is 0 Å². The standard InChI is InChI=1S/C34H58BNO7Si2/c1-31(2,3)40-29(37)24-18-16-17-22(28(24)39-30(38)41-32(4,5)6)19-27(36(44(10,11)12)45(13,14)15)35-42-26-21-23-20-25(33(23,7)8)34(26,9)43-35/h16-18,23,25-27H,19-21H2,1-15H3/t23-,25-,26+,27-,34-/m0/s1. The van der Waals surface area contributed by atoms with Crippen LogP contribution in [-0.2, 0) is 25.2 Å². The predicted octanol–water partition coefficient (Wildman–Crippen LogP) is 8.11. The van der Waals surface area contributed by atoms with Crippen LogP contribution in [0.15, 0.2) is 18.2 Å². The van der Waals surface area contributed by atoms with Crippen molar-refractivity contribution in [1.82, 2.24) is 4.23 Å². The molecule has 3 aliphatic carbocycles. The van der Waals surface area contributed by atoms with Gasteiger partial charge in [0.15, 0.2) is 5.75 Å². The van der Waals surface area contributed by atoms with Crippen molar-refractivity contribution in [3.8, 4) is 5.75 Å². The first kappa shape index (κ1) is 36.2. The Morgan fingerprint density at radius 2 is 1.53 bits per heavy atom. The number of hydrogen-bond donors (Lipinski definition) is 0. The minimum absolute atomic E-state index is 0.0393. The van der Waals surface area contributed by atoms with E-state index in [1.54, 1.807) is 26.8 Å². The normalized spacial score (nSPS) is 27.0. The predicted molar refractivity (Wildman–Crippen MR) is 185 cm³/mol. The molecule has 11 heteroatoms. The van der Waals surface area contributed by atoms with Crippen molar-refractivity contribution in [2.45, 2.75) is 150 Å². The fraction of sp³-hybridized carbons (Fsp3) is 0.765. The first-order valence-corrected chi connectivity index (χ1v) is 23.5. The highest BCUT2D eigenvalue weighted by Gasteiger charge is 2.69. The van der Waals surface area contributed by atoms with Gasteiger partial charge in [-0.25, -0.2) is 9.59 Å². The highest BCUT2D eigenvalue weighted by Crippen LogP contribution is 2.66. The van der Waals surface area contributed by atoms with Gasteiger partial charge in [0, 0.05) is 5.94 Å². The molecule has 2 bridgehead atoms. The van der Waals surface area contributed by atoms with Crippen molar-refractivity contribution in [3.63, 3.8) is 0 Å². The van der Waals surface area contributed by atoms with E-state index in [0.29, 0.717) is 23.8 Å². The lowest BCUT2D eigenvalue weighted by atomic mass is 9.43. The monoisotopic (exact) mass is 659 g/mol. The molecule has 1 saturated heterocycles. The van der Waals surface area contributed by atoms with E-state index in [0.717, 1.165) is 6.42 Å². The summed E-state index contributed by atoms with van der Waals surface area (Å²) in [7, 11) is -4.37. The summed E-state index contributed by atoms with van der Waals surface area (Å²) in [6.45, 7) is 32.0. The summed E-state index contributed by atoms with van der Waals surface area (Å²) in [5, 5.41) is 0. The lowest BCUT2D eigenvalue weighted by molar-refractivity contribution is -0.199. The van der Waals surface area contributed by atoms with Crippen molar-refractivity contribution in [2.24, 2.45) is 17.3 Å². The van der Waals surface area contributed by atoms with Gasteiger partial charge in [0.05, 0.1) is 11.7 Å². The van der Waals surface area contributed by atoms with Crippen LogP contribution in [0.1, 0.15) is 91.1 Å². The quantitative estimate of drug-likeness (QED) is 0.157. The van der Waals surface area contributed by atoms with Gasteiger partial charge in [-0.1, -0.05) is 65.3 Å². The van der Waals surface area contributed by atoms with Crippen LogP contribution >= 0.6 is 0 Å². The Morgan fingerprint density at radius 1 is 0.956 bits per heavy atom. The third-order valence-corrected chi connectivity index (χ3v) is 17.4. The van der Waals surface area contributed by atoms with Gasteiger partial charge in [0.2, 0.25) is 0 Å². The topological polar surface area (TPSA) is 83.5 Å². The van der Waals surface area contributed by atoms with Crippen LogP contribution in [0.5, 0.6) is 5.75 Å². The van der Waals surface area contributed by atoms with Crippen LogP contribution in [0.2, 0.25) is 39.3 Å². The minimum atomic E-state index is -1.95. The number of nitrogens with zero attached hydrogens (tertiary/aromatic N) is 1. The molecule has 252 valence electrons. The second-order valence-corrected chi connectivity index (χ2v) is 28.3. The molecule has 0 radical (unpaired) electrons. The summed E-state index contributed by atoms with van der Waals surface area (Å²) in [4.78, 5) is 26.6. The maximum absolute atomic E-state index is 13.5. The average molecular weight is 660 g/mol. The van der Waals surface area contributed by atoms with Crippen molar-refractivity contribution in [1.29, 1.82) is 0 Å². The summed E-state index contributed by atoms with van der Waals surface area (Å²) in [6, 6.07) is 5.40. The van der Waals surface area contributed by atoms with E-state index in [9.17, 15) is 9.59 Å². The molecule has 1 heterocycles. The second kappa shape index (κ2) is 11.8. The van der Waals surface area contributed by atoms with E-state index in [4.69, 9.17) is 23.5 Å². The summed E-state index contributed by atoms with van der Waals surface area (Å²) in [5.41, 5.74) is -0.717.